The second-order valence-electron chi connectivity index (χ2n) is 3.07. The van der Waals surface area contributed by atoms with Crippen LogP contribution < -0.4 is 0 Å². The molecule has 0 saturated heterocycles. The summed E-state index contributed by atoms with van der Waals surface area (Å²) >= 11 is 0. The van der Waals surface area contributed by atoms with Crippen molar-refractivity contribution in [2.24, 2.45) is 7.05 Å². The third-order valence-electron chi connectivity index (χ3n) is 1.82. The van der Waals surface area contributed by atoms with Gasteiger partial charge in [-0.05, 0) is 6.42 Å². The molecule has 0 radical (unpaired) electrons. The zero-order chi connectivity index (χ0) is 10.6. The molecule has 14 heavy (non-hydrogen) atoms. The Balaban J connectivity index is 2.39. The van der Waals surface area contributed by atoms with Gasteiger partial charge in [-0.2, -0.15) is 5.10 Å². The van der Waals surface area contributed by atoms with Gasteiger partial charge in [0.2, 0.25) is 0 Å². The van der Waals surface area contributed by atoms with Gasteiger partial charge in [-0.3, -0.25) is 14.3 Å². The van der Waals surface area contributed by atoms with Crippen LogP contribution in [0.15, 0.2) is 12.4 Å². The minimum Gasteiger partial charge on any atom is -0.481 e. The molecule has 1 aromatic rings. The van der Waals surface area contributed by atoms with Gasteiger partial charge in [-0.1, -0.05) is 0 Å². The minimum atomic E-state index is -0.871. The number of aliphatic carboxylic acids is 1. The fourth-order valence-electron chi connectivity index (χ4n) is 1.11. The highest BCUT2D eigenvalue weighted by molar-refractivity contribution is 5.95. The van der Waals surface area contributed by atoms with Crippen molar-refractivity contribution in [1.29, 1.82) is 0 Å². The third kappa shape index (κ3) is 3.01. The van der Waals surface area contributed by atoms with Gasteiger partial charge in [-0.25, -0.2) is 0 Å². The molecule has 5 heteroatoms. The molecule has 1 heterocycles. The summed E-state index contributed by atoms with van der Waals surface area (Å²) in [5.41, 5.74) is 0.540. The number of nitrogens with zero attached hydrogens (tertiary/aromatic N) is 2. The standard InChI is InChI=1S/C9H12N2O3/c1-11-6-7(5-10-11)8(12)3-2-4-9(13)14/h5-6H,2-4H2,1H3,(H,13,14). The number of Topliss-reactive ketones (excluding diaryl/α,β-unsaturated/α-hetero) is 1. The van der Waals surface area contributed by atoms with E-state index in [4.69, 9.17) is 5.11 Å². The molecule has 0 aromatic carbocycles. The molecule has 0 bridgehead atoms. The van der Waals surface area contributed by atoms with Crippen molar-refractivity contribution in [1.82, 2.24) is 9.78 Å². The summed E-state index contributed by atoms with van der Waals surface area (Å²) < 4.78 is 1.55. The lowest BCUT2D eigenvalue weighted by atomic mass is 10.1. The minimum absolute atomic E-state index is 0.0337. The van der Waals surface area contributed by atoms with Crippen LogP contribution >= 0.6 is 0 Å². The van der Waals surface area contributed by atoms with E-state index in [0.717, 1.165) is 0 Å². The Bertz CT molecular complexity index is 344. The molecule has 0 saturated carbocycles. The van der Waals surface area contributed by atoms with Crippen molar-refractivity contribution in [2.45, 2.75) is 19.3 Å². The van der Waals surface area contributed by atoms with Gasteiger partial charge in [0.25, 0.3) is 0 Å². The molecule has 1 rings (SSSR count). The van der Waals surface area contributed by atoms with E-state index in [1.165, 1.54) is 6.20 Å². The molecular weight excluding hydrogens is 184 g/mol. The summed E-state index contributed by atoms with van der Waals surface area (Å²) in [6, 6.07) is 0. The van der Waals surface area contributed by atoms with Gasteiger partial charge in [0, 0.05) is 26.1 Å². The highest BCUT2D eigenvalue weighted by atomic mass is 16.4. The number of hydrogen-bond acceptors (Lipinski definition) is 3. The molecule has 1 N–H and O–H groups in total. The maximum Gasteiger partial charge on any atom is 0.303 e. The summed E-state index contributed by atoms with van der Waals surface area (Å²) in [6.45, 7) is 0. The third-order valence-corrected chi connectivity index (χ3v) is 1.82. The summed E-state index contributed by atoms with van der Waals surface area (Å²) in [6.07, 6.45) is 3.79. The number of aromatic nitrogens is 2. The van der Waals surface area contributed by atoms with Crippen molar-refractivity contribution in [3.05, 3.63) is 18.0 Å². The Morgan fingerprint density at radius 1 is 1.50 bits per heavy atom. The second kappa shape index (κ2) is 4.55. The van der Waals surface area contributed by atoms with Crippen LogP contribution in [0.4, 0.5) is 0 Å². The maximum atomic E-state index is 11.4. The highest BCUT2D eigenvalue weighted by Crippen LogP contribution is 2.05. The second-order valence-corrected chi connectivity index (χ2v) is 3.07. The molecule has 0 spiro atoms. The molecule has 0 aliphatic heterocycles. The lowest BCUT2D eigenvalue weighted by Crippen LogP contribution is -2.00. The zero-order valence-corrected chi connectivity index (χ0v) is 7.93. The van der Waals surface area contributed by atoms with Crippen molar-refractivity contribution in [2.75, 3.05) is 0 Å². The first-order valence-electron chi connectivity index (χ1n) is 4.33. The van der Waals surface area contributed by atoms with Crippen LogP contribution in [0.1, 0.15) is 29.6 Å². The van der Waals surface area contributed by atoms with E-state index in [0.29, 0.717) is 12.0 Å². The lowest BCUT2D eigenvalue weighted by Gasteiger charge is -1.94. The summed E-state index contributed by atoms with van der Waals surface area (Å²) in [4.78, 5) is 21.6. The first-order chi connectivity index (χ1) is 6.59. The molecule has 0 aliphatic rings. The first-order valence-corrected chi connectivity index (χ1v) is 4.33. The summed E-state index contributed by atoms with van der Waals surface area (Å²) in [5.74, 6) is -0.927. The summed E-state index contributed by atoms with van der Waals surface area (Å²) in [5, 5.41) is 12.2. The van der Waals surface area contributed by atoms with Gasteiger partial charge in [0.15, 0.2) is 5.78 Å². The Morgan fingerprint density at radius 3 is 2.71 bits per heavy atom. The van der Waals surface area contributed by atoms with Crippen molar-refractivity contribution in [3.8, 4) is 0 Å². The largest absolute Gasteiger partial charge is 0.481 e. The number of rotatable bonds is 5. The van der Waals surface area contributed by atoms with Crippen LogP contribution in [0.2, 0.25) is 0 Å². The number of carboxylic acid groups (broad SMARTS) is 1. The van der Waals surface area contributed by atoms with Gasteiger partial charge in [0.05, 0.1) is 11.8 Å². The van der Waals surface area contributed by atoms with Crippen LogP contribution in [0, 0.1) is 0 Å². The van der Waals surface area contributed by atoms with E-state index in [1.54, 1.807) is 17.9 Å². The van der Waals surface area contributed by atoms with E-state index in [9.17, 15) is 9.59 Å². The Kier molecular flexibility index (Phi) is 3.39. The van der Waals surface area contributed by atoms with Crippen LogP contribution in [0.25, 0.3) is 0 Å². The Hall–Kier alpha value is -1.65. The van der Waals surface area contributed by atoms with E-state index in [1.807, 2.05) is 0 Å². The SMILES string of the molecule is Cn1cc(C(=O)CCCC(=O)O)cn1. The van der Waals surface area contributed by atoms with Gasteiger partial charge >= 0.3 is 5.97 Å². The zero-order valence-electron chi connectivity index (χ0n) is 7.93. The van der Waals surface area contributed by atoms with E-state index in [2.05, 4.69) is 5.10 Å². The van der Waals surface area contributed by atoms with Gasteiger partial charge < -0.3 is 5.11 Å². The number of carboxylic acids is 1. The van der Waals surface area contributed by atoms with Crippen LogP contribution in [0.5, 0.6) is 0 Å². The van der Waals surface area contributed by atoms with Crippen molar-refractivity contribution < 1.29 is 14.7 Å². The molecule has 0 fully saturated rings. The van der Waals surface area contributed by atoms with Crippen molar-refractivity contribution >= 4 is 11.8 Å². The number of aryl methyl sites for hydroxylation is 1. The lowest BCUT2D eigenvalue weighted by molar-refractivity contribution is -0.137. The van der Waals surface area contributed by atoms with Gasteiger partial charge in [0.1, 0.15) is 0 Å². The van der Waals surface area contributed by atoms with E-state index >= 15 is 0 Å². The first kappa shape index (κ1) is 10.4. The highest BCUT2D eigenvalue weighted by Gasteiger charge is 2.08. The fraction of sp³-hybridized carbons (Fsp3) is 0.444. The van der Waals surface area contributed by atoms with Crippen LogP contribution in [0.3, 0.4) is 0 Å². The number of carbonyl (C=O) groups excluding carboxylic acids is 1. The predicted molar refractivity (Wildman–Crippen MR) is 49.0 cm³/mol. The fourth-order valence-corrected chi connectivity index (χ4v) is 1.11. The maximum absolute atomic E-state index is 11.4. The molecule has 5 nitrogen and oxygen atoms in total. The van der Waals surface area contributed by atoms with E-state index in [-0.39, 0.29) is 18.6 Å². The molecular formula is C9H12N2O3. The molecule has 0 amide bonds. The molecule has 76 valence electrons. The topological polar surface area (TPSA) is 72.2 Å². The average molecular weight is 196 g/mol. The van der Waals surface area contributed by atoms with Crippen LogP contribution in [-0.2, 0) is 11.8 Å². The van der Waals surface area contributed by atoms with Gasteiger partial charge in [-0.15, -0.1) is 0 Å². The molecule has 0 aliphatic carbocycles. The molecule has 1 aromatic heterocycles. The number of hydrogen-bond donors (Lipinski definition) is 1. The quantitative estimate of drug-likeness (QED) is 0.709. The summed E-state index contributed by atoms with van der Waals surface area (Å²) in [7, 11) is 1.73. The monoisotopic (exact) mass is 196 g/mol. The Labute approximate surface area is 81.3 Å². The predicted octanol–water partition coefficient (Wildman–Crippen LogP) is 0.858. The normalized spacial score (nSPS) is 10.1. The smallest absolute Gasteiger partial charge is 0.303 e. The Morgan fingerprint density at radius 2 is 2.21 bits per heavy atom. The van der Waals surface area contributed by atoms with Crippen LogP contribution in [-0.4, -0.2) is 26.6 Å². The molecule has 0 atom stereocenters. The van der Waals surface area contributed by atoms with E-state index < -0.39 is 5.97 Å². The average Bonchev–Trinajstić information content (AvgIpc) is 2.51. The number of carbonyl (C=O) groups is 2. The number of ketones is 1. The van der Waals surface area contributed by atoms with Crippen molar-refractivity contribution in [3.63, 3.8) is 0 Å². The molecule has 0 unspecified atom stereocenters.